The van der Waals surface area contributed by atoms with Gasteiger partial charge in [0.1, 0.15) is 11.6 Å². The average molecular weight is 428 g/mol. The zero-order chi connectivity index (χ0) is 20.3. The van der Waals surface area contributed by atoms with Crippen molar-refractivity contribution in [2.75, 3.05) is 6.61 Å². The minimum absolute atomic E-state index is 0.141. The number of thioether (sulfide) groups is 1. The Hall–Kier alpha value is -2.49. The van der Waals surface area contributed by atoms with E-state index in [0.717, 1.165) is 30.6 Å². The number of fused-ring (bicyclic) bond motifs is 1. The highest BCUT2D eigenvalue weighted by atomic mass is 32.2. The lowest BCUT2D eigenvalue weighted by Gasteiger charge is -2.28. The molecule has 0 bridgehead atoms. The molecule has 0 amide bonds. The number of ether oxygens (including phenoxy) is 3. The summed E-state index contributed by atoms with van der Waals surface area (Å²) in [6, 6.07) is 12.7. The predicted molar refractivity (Wildman–Crippen MR) is 107 cm³/mol. The van der Waals surface area contributed by atoms with Gasteiger partial charge in [-0.15, -0.1) is 5.10 Å². The Labute approximate surface area is 177 Å². The van der Waals surface area contributed by atoms with E-state index in [-0.39, 0.29) is 11.9 Å². The fraction of sp³-hybridized carbons (Fsp3) is 0.381. The lowest BCUT2D eigenvalue weighted by molar-refractivity contribution is -0.112. The van der Waals surface area contributed by atoms with E-state index in [2.05, 4.69) is 15.5 Å². The number of aromatic nitrogens is 4. The van der Waals surface area contributed by atoms with Gasteiger partial charge in [0.05, 0.1) is 19.3 Å². The van der Waals surface area contributed by atoms with Crippen LogP contribution in [0.1, 0.15) is 35.8 Å². The second-order valence-electron chi connectivity index (χ2n) is 7.29. The van der Waals surface area contributed by atoms with Gasteiger partial charge < -0.3 is 14.2 Å². The predicted octanol–water partition coefficient (Wildman–Crippen LogP) is 3.89. The molecule has 0 spiro atoms. The number of benzene rings is 2. The monoisotopic (exact) mass is 428 g/mol. The number of rotatable bonds is 6. The fourth-order valence-electron chi connectivity index (χ4n) is 3.70. The van der Waals surface area contributed by atoms with Crippen LogP contribution >= 0.6 is 11.8 Å². The van der Waals surface area contributed by atoms with Crippen LogP contribution in [0.4, 0.5) is 4.39 Å². The third-order valence-electron chi connectivity index (χ3n) is 5.15. The highest BCUT2D eigenvalue weighted by Crippen LogP contribution is 2.38. The molecule has 7 nitrogen and oxygen atoms in total. The summed E-state index contributed by atoms with van der Waals surface area (Å²) in [6.45, 7) is 1.70. The summed E-state index contributed by atoms with van der Waals surface area (Å²) in [6.07, 6.45) is 1.70. The van der Waals surface area contributed by atoms with Gasteiger partial charge in [-0.25, -0.2) is 9.07 Å². The van der Waals surface area contributed by atoms with Crippen LogP contribution in [0.15, 0.2) is 47.6 Å². The van der Waals surface area contributed by atoms with Crippen molar-refractivity contribution >= 4 is 11.8 Å². The van der Waals surface area contributed by atoms with Crippen LogP contribution in [0.3, 0.4) is 0 Å². The number of hydrogen-bond acceptors (Lipinski definition) is 7. The third kappa shape index (κ3) is 4.19. The smallest absolute Gasteiger partial charge is 0.227 e. The number of nitrogens with zero attached hydrogens (tertiary/aromatic N) is 4. The SMILES string of the molecule is Fc1cc2c(c(CSc3nnnn3C[C@@H]3CCCO3)c1)O[C@H](c1ccccc1)OC2. The van der Waals surface area contributed by atoms with E-state index in [4.69, 9.17) is 14.2 Å². The minimum atomic E-state index is -0.516. The van der Waals surface area contributed by atoms with E-state index in [9.17, 15) is 4.39 Å². The summed E-state index contributed by atoms with van der Waals surface area (Å²) >= 11 is 1.45. The first kappa shape index (κ1) is 19.5. The minimum Gasteiger partial charge on any atom is -0.460 e. The molecule has 1 fully saturated rings. The van der Waals surface area contributed by atoms with Crippen molar-refractivity contribution in [1.82, 2.24) is 20.2 Å². The Balaban J connectivity index is 1.33. The Morgan fingerprint density at radius 1 is 1.17 bits per heavy atom. The topological polar surface area (TPSA) is 71.3 Å². The summed E-state index contributed by atoms with van der Waals surface area (Å²) < 4.78 is 33.6. The van der Waals surface area contributed by atoms with Gasteiger partial charge in [0.25, 0.3) is 0 Å². The van der Waals surface area contributed by atoms with Crippen LogP contribution in [0.5, 0.6) is 5.75 Å². The van der Waals surface area contributed by atoms with E-state index < -0.39 is 6.29 Å². The van der Waals surface area contributed by atoms with E-state index in [0.29, 0.717) is 35.4 Å². The molecule has 2 aliphatic rings. The maximum absolute atomic E-state index is 14.2. The molecule has 9 heteroatoms. The van der Waals surface area contributed by atoms with Gasteiger partial charge in [-0.3, -0.25) is 0 Å². The summed E-state index contributed by atoms with van der Waals surface area (Å²) in [7, 11) is 0. The highest BCUT2D eigenvalue weighted by Gasteiger charge is 2.26. The van der Waals surface area contributed by atoms with E-state index in [1.54, 1.807) is 4.68 Å². The Bertz CT molecular complexity index is 1010. The van der Waals surface area contributed by atoms with Gasteiger partial charge >= 0.3 is 0 Å². The molecule has 30 heavy (non-hydrogen) atoms. The molecule has 1 saturated heterocycles. The standard InChI is InChI=1S/C21H21FN4O3S/c22-17-9-15-12-28-20(14-5-2-1-3-6-14)29-19(15)16(10-17)13-30-21-23-24-25-26(21)11-18-7-4-8-27-18/h1-3,5-6,9-10,18,20H,4,7-8,11-13H2/t18-,20+/m0/s1. The maximum Gasteiger partial charge on any atom is 0.227 e. The zero-order valence-electron chi connectivity index (χ0n) is 16.2. The molecular formula is C21H21FN4O3S. The van der Waals surface area contributed by atoms with Crippen molar-refractivity contribution in [2.45, 2.75) is 49.3 Å². The van der Waals surface area contributed by atoms with Crippen LogP contribution in [0.25, 0.3) is 0 Å². The van der Waals surface area contributed by atoms with Crippen molar-refractivity contribution in [3.05, 3.63) is 65.0 Å². The van der Waals surface area contributed by atoms with Crippen molar-refractivity contribution in [3.8, 4) is 5.75 Å². The van der Waals surface area contributed by atoms with Crippen LogP contribution < -0.4 is 4.74 Å². The van der Waals surface area contributed by atoms with Crippen LogP contribution in [-0.4, -0.2) is 32.9 Å². The van der Waals surface area contributed by atoms with Gasteiger partial charge in [0, 0.05) is 29.1 Å². The zero-order valence-corrected chi connectivity index (χ0v) is 17.1. The Morgan fingerprint density at radius 2 is 2.07 bits per heavy atom. The van der Waals surface area contributed by atoms with E-state index in [1.807, 2.05) is 30.3 Å². The number of halogens is 1. The number of tetrazole rings is 1. The molecule has 3 heterocycles. The van der Waals surface area contributed by atoms with Crippen molar-refractivity contribution < 1.29 is 18.6 Å². The molecule has 0 saturated carbocycles. The maximum atomic E-state index is 14.2. The third-order valence-corrected chi connectivity index (χ3v) is 6.16. The van der Waals surface area contributed by atoms with Crippen LogP contribution in [0, 0.1) is 5.82 Å². The van der Waals surface area contributed by atoms with E-state index in [1.165, 1.54) is 23.9 Å². The summed E-state index contributed by atoms with van der Waals surface area (Å²) in [4.78, 5) is 0. The molecular weight excluding hydrogens is 407 g/mol. The summed E-state index contributed by atoms with van der Waals surface area (Å²) in [5.41, 5.74) is 2.38. The molecule has 3 aromatic rings. The second-order valence-corrected chi connectivity index (χ2v) is 8.23. The molecule has 0 aliphatic carbocycles. The quantitative estimate of drug-likeness (QED) is 0.552. The molecule has 0 N–H and O–H groups in total. The Morgan fingerprint density at radius 3 is 2.90 bits per heavy atom. The summed E-state index contributed by atoms with van der Waals surface area (Å²) in [5.74, 6) is 0.837. The fourth-order valence-corrected chi connectivity index (χ4v) is 4.55. The Kier molecular flexibility index (Phi) is 5.65. The molecule has 2 aliphatic heterocycles. The van der Waals surface area contributed by atoms with Gasteiger partial charge in [0.2, 0.25) is 11.4 Å². The molecule has 0 radical (unpaired) electrons. The van der Waals surface area contributed by atoms with Crippen molar-refractivity contribution in [3.63, 3.8) is 0 Å². The lowest BCUT2D eigenvalue weighted by atomic mass is 10.1. The molecule has 2 aromatic carbocycles. The number of hydrogen-bond donors (Lipinski definition) is 0. The van der Waals surface area contributed by atoms with Gasteiger partial charge in [-0.2, -0.15) is 0 Å². The van der Waals surface area contributed by atoms with Crippen LogP contribution in [-0.2, 0) is 28.4 Å². The normalized spacial score (nSPS) is 20.7. The highest BCUT2D eigenvalue weighted by molar-refractivity contribution is 7.98. The molecule has 2 atom stereocenters. The van der Waals surface area contributed by atoms with Gasteiger partial charge in [-0.1, -0.05) is 42.1 Å². The largest absolute Gasteiger partial charge is 0.460 e. The first-order chi connectivity index (χ1) is 14.8. The lowest BCUT2D eigenvalue weighted by Crippen LogP contribution is -2.19. The average Bonchev–Trinajstić information content (AvgIpc) is 3.45. The first-order valence-corrected chi connectivity index (χ1v) is 10.9. The molecule has 0 unspecified atom stereocenters. The van der Waals surface area contributed by atoms with Gasteiger partial charge in [0.15, 0.2) is 0 Å². The van der Waals surface area contributed by atoms with E-state index >= 15 is 0 Å². The molecule has 1 aromatic heterocycles. The molecule has 5 rings (SSSR count). The van der Waals surface area contributed by atoms with Crippen molar-refractivity contribution in [1.29, 1.82) is 0 Å². The second kappa shape index (κ2) is 8.71. The first-order valence-electron chi connectivity index (χ1n) is 9.91. The molecule has 156 valence electrons. The van der Waals surface area contributed by atoms with Gasteiger partial charge in [-0.05, 0) is 35.4 Å². The summed E-state index contributed by atoms with van der Waals surface area (Å²) in [5, 5.41) is 12.7. The van der Waals surface area contributed by atoms with Crippen LogP contribution in [0.2, 0.25) is 0 Å². The van der Waals surface area contributed by atoms with Crippen molar-refractivity contribution in [2.24, 2.45) is 0 Å².